The van der Waals surface area contributed by atoms with Gasteiger partial charge in [-0.05, 0) is 86.8 Å². The van der Waals surface area contributed by atoms with E-state index in [4.69, 9.17) is 15.0 Å². The van der Waals surface area contributed by atoms with Gasteiger partial charge in [-0.25, -0.2) is 9.98 Å². The van der Waals surface area contributed by atoms with Crippen LogP contribution >= 0.6 is 0 Å². The molecule has 9 rings (SSSR count). The van der Waals surface area contributed by atoms with Crippen molar-refractivity contribution in [2.24, 2.45) is 9.98 Å². The van der Waals surface area contributed by atoms with E-state index in [0.717, 1.165) is 68.5 Å². The van der Waals surface area contributed by atoms with Gasteiger partial charge in [0.25, 0.3) is 0 Å². The first-order valence-corrected chi connectivity index (χ1v) is 16.2. The number of nitrogens with zero attached hydrogens (tertiary/aromatic N) is 3. The number of aliphatic imine (C=N–C) groups is 2. The summed E-state index contributed by atoms with van der Waals surface area (Å²) >= 11 is 0. The summed E-state index contributed by atoms with van der Waals surface area (Å²) in [7, 11) is 0. The number of amidine groups is 1. The molecule has 8 aromatic rings. The number of rotatable bonds is 3. The highest BCUT2D eigenvalue weighted by Crippen LogP contribution is 2.35. The van der Waals surface area contributed by atoms with Crippen molar-refractivity contribution in [3.8, 4) is 0 Å². The van der Waals surface area contributed by atoms with Gasteiger partial charge in [-0.3, -0.25) is 4.98 Å². The van der Waals surface area contributed by atoms with E-state index in [0.29, 0.717) is 0 Å². The van der Waals surface area contributed by atoms with E-state index in [-0.39, 0.29) is 0 Å². The van der Waals surface area contributed by atoms with Gasteiger partial charge in [-0.2, -0.15) is 0 Å². The van der Waals surface area contributed by atoms with Gasteiger partial charge < -0.3 is 0 Å². The van der Waals surface area contributed by atoms with Gasteiger partial charge in [0.15, 0.2) is 5.84 Å². The summed E-state index contributed by atoms with van der Waals surface area (Å²) in [5.41, 5.74) is 7.53. The Bertz CT molecular complexity index is 2620. The van der Waals surface area contributed by atoms with E-state index in [1.54, 1.807) is 0 Å². The topological polar surface area (TPSA) is 37.6 Å². The predicted octanol–water partition coefficient (Wildman–Crippen LogP) is 11.3. The lowest BCUT2D eigenvalue weighted by molar-refractivity contribution is 1.00. The zero-order valence-corrected chi connectivity index (χ0v) is 26.1. The molecule has 1 aromatic heterocycles. The van der Waals surface area contributed by atoms with Gasteiger partial charge in [0.05, 0.1) is 16.9 Å². The Morgan fingerprint density at radius 1 is 0.468 bits per heavy atom. The van der Waals surface area contributed by atoms with E-state index in [9.17, 15) is 0 Å². The number of aromatic nitrogens is 1. The Kier molecular flexibility index (Phi) is 6.50. The highest BCUT2D eigenvalue weighted by atomic mass is 14.9. The van der Waals surface area contributed by atoms with E-state index < -0.39 is 0 Å². The maximum absolute atomic E-state index is 5.46. The minimum atomic E-state index is 0.725. The summed E-state index contributed by atoms with van der Waals surface area (Å²) in [6.45, 7) is 2.23. The van der Waals surface area contributed by atoms with Crippen LogP contribution in [0.2, 0.25) is 0 Å². The zero-order valence-electron chi connectivity index (χ0n) is 26.1. The average molecular weight is 602 g/mol. The van der Waals surface area contributed by atoms with Gasteiger partial charge in [-0.15, -0.1) is 0 Å². The minimum Gasteiger partial charge on any atom is -0.256 e. The number of hydrogen-bond acceptors (Lipinski definition) is 3. The lowest BCUT2D eigenvalue weighted by atomic mass is 9.95. The van der Waals surface area contributed by atoms with Crippen LogP contribution in [0.5, 0.6) is 0 Å². The molecule has 0 fully saturated rings. The van der Waals surface area contributed by atoms with E-state index in [1.165, 1.54) is 37.9 Å². The summed E-state index contributed by atoms with van der Waals surface area (Å²) in [6, 6.07) is 49.7. The lowest BCUT2D eigenvalue weighted by Crippen LogP contribution is -2.10. The van der Waals surface area contributed by atoms with Crippen LogP contribution in [0, 0.1) is 0 Å². The molecule has 47 heavy (non-hydrogen) atoms. The van der Waals surface area contributed by atoms with Crippen LogP contribution in [-0.4, -0.2) is 16.5 Å². The number of allylic oxidation sites excluding steroid dienone is 1. The highest BCUT2D eigenvalue weighted by Gasteiger charge is 2.18. The molecule has 0 radical (unpaired) electrons. The van der Waals surface area contributed by atoms with Crippen LogP contribution in [0.3, 0.4) is 0 Å². The molecule has 2 heterocycles. The van der Waals surface area contributed by atoms with Crippen molar-refractivity contribution < 1.29 is 0 Å². The van der Waals surface area contributed by atoms with Crippen LogP contribution in [0.15, 0.2) is 161 Å². The number of hydrogen-bond donors (Lipinski definition) is 0. The lowest BCUT2D eigenvalue weighted by Gasteiger charge is -2.17. The van der Waals surface area contributed by atoms with Crippen molar-refractivity contribution in [1.82, 2.24) is 4.98 Å². The van der Waals surface area contributed by atoms with E-state index >= 15 is 0 Å². The molecule has 0 saturated heterocycles. The second-order valence-electron chi connectivity index (χ2n) is 12.5. The maximum atomic E-state index is 5.46. The van der Waals surface area contributed by atoms with Gasteiger partial charge >= 0.3 is 0 Å². The van der Waals surface area contributed by atoms with E-state index in [1.807, 2.05) is 6.20 Å². The van der Waals surface area contributed by atoms with Crippen LogP contribution in [0.25, 0.3) is 59.7 Å². The molecular formula is C44H31N3. The standard InChI is InChI=1S/C44H31N3/c1-28-15-23-40(32-10-3-2-4-11-32)46-44(47-43(28)33-20-18-30-17-16-29-9-5-7-13-36(29)38(30)25-33)34-21-19-31-22-24-41-42(39(31)26-34)37-14-8-6-12-35(37)27-45-41/h2-14,16-22,24-27H,15,23H2,1H3/b43-28+,46-40+,47-44-. The molecule has 222 valence electrons. The smallest absolute Gasteiger partial charge is 0.160 e. The SMILES string of the molecule is C\C1=C(c2ccc3ccc4ccccc4c3c2)/N=C(c2ccc3ccc4ncc5ccccc5c4c3c2)\N=C(\c2ccccc2)CC1. The van der Waals surface area contributed by atoms with Crippen molar-refractivity contribution in [2.45, 2.75) is 19.8 Å². The first-order chi connectivity index (χ1) is 23.2. The summed E-state index contributed by atoms with van der Waals surface area (Å²) in [5, 5.41) is 10.8. The third-order valence-electron chi connectivity index (χ3n) is 9.56. The summed E-state index contributed by atoms with van der Waals surface area (Å²) < 4.78 is 0. The molecule has 3 heteroatoms. The molecule has 3 nitrogen and oxygen atoms in total. The van der Waals surface area contributed by atoms with Crippen LogP contribution in [-0.2, 0) is 0 Å². The van der Waals surface area contributed by atoms with Gasteiger partial charge in [0.2, 0.25) is 0 Å². The van der Waals surface area contributed by atoms with Gasteiger partial charge in [0, 0.05) is 28.1 Å². The van der Waals surface area contributed by atoms with Crippen LogP contribution < -0.4 is 0 Å². The largest absolute Gasteiger partial charge is 0.256 e. The van der Waals surface area contributed by atoms with Crippen molar-refractivity contribution in [3.05, 3.63) is 168 Å². The zero-order chi connectivity index (χ0) is 31.3. The summed E-state index contributed by atoms with van der Waals surface area (Å²) in [6.07, 6.45) is 3.68. The first kappa shape index (κ1) is 27.4. The van der Waals surface area contributed by atoms with Crippen LogP contribution in [0.1, 0.15) is 36.5 Å². The molecule has 0 unspecified atom stereocenters. The third-order valence-corrected chi connectivity index (χ3v) is 9.56. The monoisotopic (exact) mass is 601 g/mol. The fourth-order valence-electron chi connectivity index (χ4n) is 7.08. The van der Waals surface area contributed by atoms with Crippen molar-refractivity contribution >= 4 is 71.2 Å². The molecule has 7 aromatic carbocycles. The van der Waals surface area contributed by atoms with Gasteiger partial charge in [-0.1, -0.05) is 121 Å². The third kappa shape index (κ3) is 4.79. The highest BCUT2D eigenvalue weighted by molar-refractivity contribution is 6.21. The molecule has 0 atom stereocenters. The molecule has 0 N–H and O–H groups in total. The Hall–Kier alpha value is -5.93. The fraction of sp³-hybridized carbons (Fsp3) is 0.0682. The van der Waals surface area contributed by atoms with Crippen molar-refractivity contribution in [1.29, 1.82) is 0 Å². The molecule has 0 bridgehead atoms. The Morgan fingerprint density at radius 3 is 1.96 bits per heavy atom. The molecular weight excluding hydrogens is 571 g/mol. The molecule has 0 spiro atoms. The second kappa shape index (κ2) is 11.1. The van der Waals surface area contributed by atoms with Crippen molar-refractivity contribution in [2.75, 3.05) is 0 Å². The predicted molar refractivity (Wildman–Crippen MR) is 200 cm³/mol. The second-order valence-corrected chi connectivity index (χ2v) is 12.5. The Labute approximate surface area is 273 Å². The normalized spacial score (nSPS) is 17.8. The summed E-state index contributed by atoms with van der Waals surface area (Å²) in [4.78, 5) is 15.7. The van der Waals surface area contributed by atoms with Crippen LogP contribution in [0.4, 0.5) is 0 Å². The van der Waals surface area contributed by atoms with Crippen molar-refractivity contribution in [3.63, 3.8) is 0 Å². The summed E-state index contributed by atoms with van der Waals surface area (Å²) in [5.74, 6) is 0.725. The quantitative estimate of drug-likeness (QED) is 0.186. The molecule has 1 aliphatic rings. The maximum Gasteiger partial charge on any atom is 0.160 e. The molecule has 1 aliphatic heterocycles. The Balaban J connectivity index is 1.29. The number of fused-ring (bicyclic) bond motifs is 8. The number of benzene rings is 7. The van der Waals surface area contributed by atoms with Gasteiger partial charge in [0.1, 0.15) is 0 Å². The van der Waals surface area contributed by atoms with E-state index in [2.05, 4.69) is 146 Å². The fourth-order valence-corrected chi connectivity index (χ4v) is 7.08. The number of pyridine rings is 1. The molecule has 0 aliphatic carbocycles. The first-order valence-electron chi connectivity index (χ1n) is 16.2. The Morgan fingerprint density at radius 2 is 1.11 bits per heavy atom. The molecule has 0 amide bonds. The molecule has 0 saturated carbocycles. The average Bonchev–Trinajstić information content (AvgIpc) is 3.13. The minimum absolute atomic E-state index is 0.725.